The van der Waals surface area contributed by atoms with Crippen LogP contribution >= 0.6 is 0 Å². The third-order valence-electron chi connectivity index (χ3n) is 1.98. The quantitative estimate of drug-likeness (QED) is 0.760. The van der Waals surface area contributed by atoms with Gasteiger partial charge in [-0.1, -0.05) is 19.1 Å². The first kappa shape index (κ1) is 9.76. The standard InChI is InChI=1S/C11H13NO/c1-9(8-13)6-10-2-4-11(7-12)5-3-10/h2-5,9,13H,6,8H2,1H3/t9-/m1/s1. The molecule has 1 N–H and O–H groups in total. The third kappa shape index (κ3) is 2.89. The van der Waals surface area contributed by atoms with Gasteiger partial charge in [0.15, 0.2) is 0 Å². The van der Waals surface area contributed by atoms with Gasteiger partial charge in [0, 0.05) is 6.61 Å². The maximum absolute atomic E-state index is 8.84. The van der Waals surface area contributed by atoms with Crippen molar-refractivity contribution < 1.29 is 5.11 Å². The molecule has 1 aromatic rings. The van der Waals surface area contributed by atoms with Gasteiger partial charge in [0.25, 0.3) is 0 Å². The number of nitrogens with zero attached hydrogens (tertiary/aromatic N) is 1. The van der Waals surface area contributed by atoms with E-state index in [9.17, 15) is 0 Å². The highest BCUT2D eigenvalue weighted by Crippen LogP contribution is 2.09. The Morgan fingerprint density at radius 2 is 2.00 bits per heavy atom. The molecule has 0 bridgehead atoms. The van der Waals surface area contributed by atoms with Crippen LogP contribution in [0.3, 0.4) is 0 Å². The van der Waals surface area contributed by atoms with Crippen molar-refractivity contribution in [2.45, 2.75) is 13.3 Å². The van der Waals surface area contributed by atoms with Gasteiger partial charge in [-0.15, -0.1) is 0 Å². The molecule has 0 aliphatic heterocycles. The summed E-state index contributed by atoms with van der Waals surface area (Å²) >= 11 is 0. The van der Waals surface area contributed by atoms with Gasteiger partial charge < -0.3 is 5.11 Å². The zero-order chi connectivity index (χ0) is 9.68. The molecular formula is C11H13NO. The van der Waals surface area contributed by atoms with Gasteiger partial charge in [0.1, 0.15) is 0 Å². The van der Waals surface area contributed by atoms with Gasteiger partial charge >= 0.3 is 0 Å². The number of benzene rings is 1. The summed E-state index contributed by atoms with van der Waals surface area (Å²) in [6.45, 7) is 2.21. The molecule has 2 nitrogen and oxygen atoms in total. The number of rotatable bonds is 3. The summed E-state index contributed by atoms with van der Waals surface area (Å²) in [6, 6.07) is 9.55. The highest BCUT2D eigenvalue weighted by molar-refractivity contribution is 5.31. The number of hydrogen-bond acceptors (Lipinski definition) is 2. The van der Waals surface area contributed by atoms with Gasteiger partial charge in [-0.2, -0.15) is 5.26 Å². The normalized spacial score (nSPS) is 12.1. The summed E-state index contributed by atoms with van der Waals surface area (Å²) in [5, 5.41) is 17.4. The maximum atomic E-state index is 8.84. The second-order valence-corrected chi connectivity index (χ2v) is 3.30. The van der Waals surface area contributed by atoms with Crippen LogP contribution in [0.5, 0.6) is 0 Å². The van der Waals surface area contributed by atoms with E-state index in [2.05, 4.69) is 6.07 Å². The lowest BCUT2D eigenvalue weighted by Gasteiger charge is -2.06. The van der Waals surface area contributed by atoms with Crippen molar-refractivity contribution >= 4 is 0 Å². The van der Waals surface area contributed by atoms with Crippen LogP contribution in [0.4, 0.5) is 0 Å². The fourth-order valence-corrected chi connectivity index (χ4v) is 1.18. The molecule has 0 saturated carbocycles. The van der Waals surface area contributed by atoms with Crippen LogP contribution in [0.25, 0.3) is 0 Å². The van der Waals surface area contributed by atoms with E-state index in [0.717, 1.165) is 6.42 Å². The smallest absolute Gasteiger partial charge is 0.0991 e. The Bertz CT molecular complexity index is 297. The third-order valence-corrected chi connectivity index (χ3v) is 1.98. The zero-order valence-corrected chi connectivity index (χ0v) is 7.70. The van der Waals surface area contributed by atoms with Crippen molar-refractivity contribution in [1.29, 1.82) is 5.26 Å². The van der Waals surface area contributed by atoms with E-state index < -0.39 is 0 Å². The highest BCUT2D eigenvalue weighted by Gasteiger charge is 2.01. The van der Waals surface area contributed by atoms with Crippen LogP contribution in [0.2, 0.25) is 0 Å². The Hall–Kier alpha value is -1.33. The van der Waals surface area contributed by atoms with Gasteiger partial charge in [-0.25, -0.2) is 0 Å². The minimum absolute atomic E-state index is 0.208. The summed E-state index contributed by atoms with van der Waals surface area (Å²) in [5.74, 6) is 0.285. The van der Waals surface area contributed by atoms with Gasteiger partial charge in [-0.05, 0) is 30.0 Å². The van der Waals surface area contributed by atoms with Crippen molar-refractivity contribution in [2.24, 2.45) is 5.92 Å². The van der Waals surface area contributed by atoms with Crippen molar-refractivity contribution in [1.82, 2.24) is 0 Å². The van der Waals surface area contributed by atoms with Crippen LogP contribution < -0.4 is 0 Å². The van der Waals surface area contributed by atoms with E-state index in [0.29, 0.717) is 5.56 Å². The summed E-state index contributed by atoms with van der Waals surface area (Å²) in [5.41, 5.74) is 1.85. The molecule has 0 radical (unpaired) electrons. The molecule has 0 aliphatic rings. The topological polar surface area (TPSA) is 44.0 Å². The largest absolute Gasteiger partial charge is 0.396 e. The van der Waals surface area contributed by atoms with Gasteiger partial charge in [-0.3, -0.25) is 0 Å². The summed E-state index contributed by atoms with van der Waals surface area (Å²) in [6.07, 6.45) is 0.863. The fraction of sp³-hybridized carbons (Fsp3) is 0.364. The van der Waals surface area contributed by atoms with Gasteiger partial charge in [0.05, 0.1) is 11.6 Å². The van der Waals surface area contributed by atoms with Crippen LogP contribution in [-0.2, 0) is 6.42 Å². The van der Waals surface area contributed by atoms with E-state index in [1.54, 1.807) is 12.1 Å². The first-order valence-electron chi connectivity index (χ1n) is 4.36. The molecular weight excluding hydrogens is 162 g/mol. The summed E-state index contributed by atoms with van der Waals surface area (Å²) in [4.78, 5) is 0. The summed E-state index contributed by atoms with van der Waals surface area (Å²) in [7, 11) is 0. The van der Waals surface area contributed by atoms with Crippen molar-refractivity contribution in [3.05, 3.63) is 35.4 Å². The second-order valence-electron chi connectivity index (χ2n) is 3.30. The van der Waals surface area contributed by atoms with Gasteiger partial charge in [0.2, 0.25) is 0 Å². The minimum atomic E-state index is 0.208. The van der Waals surface area contributed by atoms with E-state index in [1.807, 2.05) is 19.1 Å². The number of nitriles is 1. The monoisotopic (exact) mass is 175 g/mol. The summed E-state index contributed by atoms with van der Waals surface area (Å²) < 4.78 is 0. The molecule has 0 aromatic heterocycles. The molecule has 1 atom stereocenters. The van der Waals surface area contributed by atoms with Crippen molar-refractivity contribution in [3.8, 4) is 6.07 Å². The lowest BCUT2D eigenvalue weighted by Crippen LogP contribution is -2.04. The van der Waals surface area contributed by atoms with Crippen LogP contribution in [0, 0.1) is 17.2 Å². The Labute approximate surface area is 78.4 Å². The molecule has 0 amide bonds. The lowest BCUT2D eigenvalue weighted by atomic mass is 10.0. The Kier molecular flexibility index (Phi) is 3.48. The predicted octanol–water partition coefficient (Wildman–Crippen LogP) is 1.73. The van der Waals surface area contributed by atoms with Crippen LogP contribution in [0.1, 0.15) is 18.1 Å². The number of hydrogen-bond donors (Lipinski definition) is 1. The Morgan fingerprint density at radius 1 is 1.38 bits per heavy atom. The number of aliphatic hydroxyl groups is 1. The second kappa shape index (κ2) is 4.64. The number of aliphatic hydroxyl groups excluding tert-OH is 1. The van der Waals surface area contributed by atoms with E-state index in [1.165, 1.54) is 5.56 Å². The molecule has 13 heavy (non-hydrogen) atoms. The van der Waals surface area contributed by atoms with E-state index >= 15 is 0 Å². The molecule has 0 aliphatic carbocycles. The molecule has 0 fully saturated rings. The zero-order valence-electron chi connectivity index (χ0n) is 7.70. The molecule has 1 rings (SSSR count). The molecule has 1 aromatic carbocycles. The van der Waals surface area contributed by atoms with Crippen LogP contribution in [0.15, 0.2) is 24.3 Å². The average Bonchev–Trinajstić information content (AvgIpc) is 2.19. The molecule has 68 valence electrons. The van der Waals surface area contributed by atoms with E-state index in [4.69, 9.17) is 10.4 Å². The Morgan fingerprint density at radius 3 is 2.46 bits per heavy atom. The molecule has 2 heteroatoms. The molecule has 0 heterocycles. The fourth-order valence-electron chi connectivity index (χ4n) is 1.18. The molecule has 0 saturated heterocycles. The minimum Gasteiger partial charge on any atom is -0.396 e. The predicted molar refractivity (Wildman–Crippen MR) is 51.1 cm³/mol. The van der Waals surface area contributed by atoms with E-state index in [-0.39, 0.29) is 12.5 Å². The SMILES string of the molecule is C[C@@H](CO)Cc1ccc(C#N)cc1. The first-order valence-corrected chi connectivity index (χ1v) is 4.36. The van der Waals surface area contributed by atoms with Crippen molar-refractivity contribution in [2.75, 3.05) is 6.61 Å². The molecule has 0 unspecified atom stereocenters. The lowest BCUT2D eigenvalue weighted by molar-refractivity contribution is 0.237. The van der Waals surface area contributed by atoms with Crippen molar-refractivity contribution in [3.63, 3.8) is 0 Å². The highest BCUT2D eigenvalue weighted by atomic mass is 16.3. The average molecular weight is 175 g/mol. The maximum Gasteiger partial charge on any atom is 0.0991 e. The Balaban J connectivity index is 2.65. The van der Waals surface area contributed by atoms with Crippen LogP contribution in [-0.4, -0.2) is 11.7 Å². The first-order chi connectivity index (χ1) is 6.26. The molecule has 0 spiro atoms.